The molecule has 0 bridgehead atoms. The lowest BCUT2D eigenvalue weighted by molar-refractivity contribution is -0.141. The third-order valence-electron chi connectivity index (χ3n) is 4.36. The maximum absolute atomic E-state index is 11.0. The topological polar surface area (TPSA) is 63.3 Å². The number of carboxylic acids is 1. The molecule has 0 radical (unpaired) electrons. The number of hydrogen-bond donors (Lipinski definition) is 2. The summed E-state index contributed by atoms with van der Waals surface area (Å²) in [6.45, 7) is 4.12. The molecule has 1 saturated carbocycles. The zero-order chi connectivity index (χ0) is 12.2. The summed E-state index contributed by atoms with van der Waals surface area (Å²) in [6, 6.07) is 0.00620. The molecule has 0 aromatic heterocycles. The van der Waals surface area contributed by atoms with E-state index in [0.29, 0.717) is 5.92 Å². The number of nitrogens with two attached hydrogens (primary N) is 1. The van der Waals surface area contributed by atoms with Crippen molar-refractivity contribution in [2.75, 3.05) is 0 Å². The molecule has 0 saturated heterocycles. The molecule has 0 spiro atoms. The predicted octanol–water partition coefficient (Wildman–Crippen LogP) is 2.79. The van der Waals surface area contributed by atoms with Crippen molar-refractivity contribution in [2.24, 2.45) is 17.1 Å². The molecule has 3 heteroatoms. The average Bonchev–Trinajstić information content (AvgIpc) is 2.28. The zero-order valence-corrected chi connectivity index (χ0v) is 10.5. The molecule has 0 aromatic rings. The van der Waals surface area contributed by atoms with Gasteiger partial charge < -0.3 is 10.8 Å². The van der Waals surface area contributed by atoms with Crippen LogP contribution >= 0.6 is 0 Å². The van der Waals surface area contributed by atoms with E-state index in [9.17, 15) is 4.79 Å². The molecule has 1 rings (SSSR count). The van der Waals surface area contributed by atoms with Crippen molar-refractivity contribution < 1.29 is 9.90 Å². The summed E-state index contributed by atoms with van der Waals surface area (Å²) in [4.78, 5) is 11.0. The van der Waals surface area contributed by atoms with Gasteiger partial charge in [0.15, 0.2) is 0 Å². The fourth-order valence-electron chi connectivity index (χ4n) is 3.13. The Labute approximate surface area is 98.4 Å². The van der Waals surface area contributed by atoms with E-state index in [0.717, 1.165) is 19.3 Å². The fourth-order valence-corrected chi connectivity index (χ4v) is 3.13. The SMILES string of the molecule is CCC(N)C(C)(CC(=O)O)C1CCCCC1. The number of aliphatic carboxylic acids is 1. The first-order valence-corrected chi connectivity index (χ1v) is 6.48. The van der Waals surface area contributed by atoms with Crippen LogP contribution in [0.2, 0.25) is 0 Å². The molecule has 2 atom stereocenters. The molecule has 0 aromatic carbocycles. The lowest BCUT2D eigenvalue weighted by Crippen LogP contribution is -2.46. The predicted molar refractivity (Wildman–Crippen MR) is 65.2 cm³/mol. The summed E-state index contributed by atoms with van der Waals surface area (Å²) in [6.07, 6.45) is 7.13. The van der Waals surface area contributed by atoms with Crippen molar-refractivity contribution in [3.8, 4) is 0 Å². The van der Waals surface area contributed by atoms with E-state index in [2.05, 4.69) is 6.92 Å². The molecule has 2 unspecified atom stereocenters. The third kappa shape index (κ3) is 2.97. The Balaban J connectivity index is 2.79. The van der Waals surface area contributed by atoms with Gasteiger partial charge in [0.1, 0.15) is 0 Å². The van der Waals surface area contributed by atoms with E-state index in [1.807, 2.05) is 6.92 Å². The molecular weight excluding hydrogens is 202 g/mol. The molecule has 94 valence electrons. The van der Waals surface area contributed by atoms with Gasteiger partial charge in [0.05, 0.1) is 6.42 Å². The minimum absolute atomic E-state index is 0.00620. The lowest BCUT2D eigenvalue weighted by Gasteiger charge is -2.43. The Morgan fingerprint density at radius 1 is 1.44 bits per heavy atom. The van der Waals surface area contributed by atoms with Gasteiger partial charge in [0, 0.05) is 6.04 Å². The number of carboxylic acid groups (broad SMARTS) is 1. The molecule has 1 aliphatic carbocycles. The van der Waals surface area contributed by atoms with Crippen LogP contribution in [0.25, 0.3) is 0 Å². The summed E-state index contributed by atoms with van der Waals surface area (Å²) in [5.74, 6) is -0.218. The lowest BCUT2D eigenvalue weighted by atomic mass is 9.64. The first kappa shape index (κ1) is 13.5. The van der Waals surface area contributed by atoms with Gasteiger partial charge in [0.2, 0.25) is 0 Å². The Hall–Kier alpha value is -0.570. The van der Waals surface area contributed by atoms with Crippen LogP contribution in [0, 0.1) is 11.3 Å². The van der Waals surface area contributed by atoms with Gasteiger partial charge in [-0.2, -0.15) is 0 Å². The Bertz CT molecular complexity index is 236. The Morgan fingerprint density at radius 3 is 2.44 bits per heavy atom. The Morgan fingerprint density at radius 2 is 2.00 bits per heavy atom. The van der Waals surface area contributed by atoms with Gasteiger partial charge in [-0.05, 0) is 30.6 Å². The molecule has 3 N–H and O–H groups in total. The van der Waals surface area contributed by atoms with Crippen molar-refractivity contribution in [2.45, 2.75) is 64.8 Å². The van der Waals surface area contributed by atoms with Gasteiger partial charge >= 0.3 is 5.97 Å². The second kappa shape index (κ2) is 5.67. The maximum Gasteiger partial charge on any atom is 0.303 e. The minimum Gasteiger partial charge on any atom is -0.481 e. The fraction of sp³-hybridized carbons (Fsp3) is 0.923. The summed E-state index contributed by atoms with van der Waals surface area (Å²) in [5.41, 5.74) is 5.95. The molecule has 3 nitrogen and oxygen atoms in total. The van der Waals surface area contributed by atoms with Gasteiger partial charge in [-0.15, -0.1) is 0 Å². The summed E-state index contributed by atoms with van der Waals surface area (Å²) in [5, 5.41) is 9.07. The van der Waals surface area contributed by atoms with Crippen molar-refractivity contribution in [1.82, 2.24) is 0 Å². The highest BCUT2D eigenvalue weighted by atomic mass is 16.4. The second-order valence-electron chi connectivity index (χ2n) is 5.43. The van der Waals surface area contributed by atoms with E-state index in [1.165, 1.54) is 19.3 Å². The van der Waals surface area contributed by atoms with E-state index in [1.54, 1.807) is 0 Å². The van der Waals surface area contributed by atoms with Gasteiger partial charge in [-0.25, -0.2) is 0 Å². The van der Waals surface area contributed by atoms with Crippen LogP contribution < -0.4 is 5.73 Å². The van der Waals surface area contributed by atoms with Crippen LogP contribution in [0.5, 0.6) is 0 Å². The third-order valence-corrected chi connectivity index (χ3v) is 4.36. The maximum atomic E-state index is 11.0. The highest BCUT2D eigenvalue weighted by molar-refractivity contribution is 5.67. The monoisotopic (exact) mass is 227 g/mol. The summed E-state index contributed by atoms with van der Waals surface area (Å²) in [7, 11) is 0. The Kier molecular flexibility index (Phi) is 4.78. The number of hydrogen-bond acceptors (Lipinski definition) is 2. The number of rotatable bonds is 5. The molecular formula is C13H25NO2. The molecule has 0 aliphatic heterocycles. The summed E-state index contributed by atoms with van der Waals surface area (Å²) >= 11 is 0. The first-order valence-electron chi connectivity index (χ1n) is 6.48. The van der Waals surface area contributed by atoms with E-state index in [4.69, 9.17) is 10.8 Å². The highest BCUT2D eigenvalue weighted by Crippen LogP contribution is 2.43. The van der Waals surface area contributed by atoms with Gasteiger partial charge in [0.25, 0.3) is 0 Å². The summed E-state index contributed by atoms with van der Waals surface area (Å²) < 4.78 is 0. The average molecular weight is 227 g/mol. The zero-order valence-electron chi connectivity index (χ0n) is 10.5. The molecule has 1 fully saturated rings. The molecule has 0 amide bonds. The molecule has 16 heavy (non-hydrogen) atoms. The van der Waals surface area contributed by atoms with E-state index < -0.39 is 5.97 Å². The van der Waals surface area contributed by atoms with Crippen LogP contribution in [0.3, 0.4) is 0 Å². The number of carbonyl (C=O) groups is 1. The van der Waals surface area contributed by atoms with Gasteiger partial charge in [-0.3, -0.25) is 4.79 Å². The first-order chi connectivity index (χ1) is 7.50. The van der Waals surface area contributed by atoms with Crippen LogP contribution in [0.1, 0.15) is 58.8 Å². The van der Waals surface area contributed by atoms with E-state index >= 15 is 0 Å². The van der Waals surface area contributed by atoms with Crippen molar-refractivity contribution >= 4 is 5.97 Å². The normalized spacial score (nSPS) is 23.7. The van der Waals surface area contributed by atoms with Crippen molar-refractivity contribution in [3.05, 3.63) is 0 Å². The standard InChI is InChI=1S/C13H25NO2/c1-3-11(14)13(2,9-12(15)16)10-7-5-4-6-8-10/h10-11H,3-9,14H2,1-2H3,(H,15,16). The largest absolute Gasteiger partial charge is 0.481 e. The van der Waals surface area contributed by atoms with Crippen LogP contribution in [0.15, 0.2) is 0 Å². The van der Waals surface area contributed by atoms with E-state index in [-0.39, 0.29) is 17.9 Å². The van der Waals surface area contributed by atoms with Gasteiger partial charge in [-0.1, -0.05) is 33.1 Å². The van der Waals surface area contributed by atoms with Crippen molar-refractivity contribution in [3.63, 3.8) is 0 Å². The molecule has 1 aliphatic rings. The highest BCUT2D eigenvalue weighted by Gasteiger charge is 2.40. The van der Waals surface area contributed by atoms with Crippen molar-refractivity contribution in [1.29, 1.82) is 0 Å². The van der Waals surface area contributed by atoms with Crippen LogP contribution in [-0.2, 0) is 4.79 Å². The smallest absolute Gasteiger partial charge is 0.303 e. The van der Waals surface area contributed by atoms with Crippen LogP contribution in [0.4, 0.5) is 0 Å². The van der Waals surface area contributed by atoms with Crippen LogP contribution in [-0.4, -0.2) is 17.1 Å². The molecule has 0 heterocycles. The second-order valence-corrected chi connectivity index (χ2v) is 5.43. The quantitative estimate of drug-likeness (QED) is 0.759. The minimum atomic E-state index is -0.711.